The largest absolute Gasteiger partial charge is 0.307 e. The Morgan fingerprint density at radius 3 is 2.59 bits per heavy atom. The van der Waals surface area contributed by atoms with Gasteiger partial charge in [-0.2, -0.15) is 0 Å². The molecule has 0 heterocycles. The monoisotopic (exact) mass is 295 g/mol. The van der Waals surface area contributed by atoms with E-state index in [-0.39, 0.29) is 0 Å². The molecule has 0 saturated heterocycles. The van der Waals surface area contributed by atoms with Crippen molar-refractivity contribution >= 4 is 15.9 Å². The zero-order valence-corrected chi connectivity index (χ0v) is 12.3. The van der Waals surface area contributed by atoms with Crippen molar-refractivity contribution in [2.75, 3.05) is 0 Å². The maximum absolute atomic E-state index is 3.74. The first-order chi connectivity index (χ1) is 8.16. The molecule has 1 aromatic rings. The van der Waals surface area contributed by atoms with Gasteiger partial charge in [-0.3, -0.25) is 0 Å². The van der Waals surface area contributed by atoms with Gasteiger partial charge in [0.2, 0.25) is 0 Å². The van der Waals surface area contributed by atoms with Gasteiger partial charge in [0.25, 0.3) is 0 Å². The molecule has 2 heteroatoms. The molecule has 1 aliphatic rings. The number of halogens is 1. The van der Waals surface area contributed by atoms with Gasteiger partial charge in [0.05, 0.1) is 0 Å². The van der Waals surface area contributed by atoms with Gasteiger partial charge in [-0.05, 0) is 50.3 Å². The maximum Gasteiger partial charge on any atom is 0.0294 e. The number of hydrogen-bond acceptors (Lipinski definition) is 1. The van der Waals surface area contributed by atoms with Crippen LogP contribution in [0.2, 0.25) is 0 Å². The van der Waals surface area contributed by atoms with Gasteiger partial charge in [0, 0.05) is 16.6 Å². The van der Waals surface area contributed by atoms with E-state index >= 15 is 0 Å². The van der Waals surface area contributed by atoms with Crippen molar-refractivity contribution in [3.63, 3.8) is 0 Å². The molecular weight excluding hydrogens is 274 g/mol. The Morgan fingerprint density at radius 1 is 1.24 bits per heavy atom. The second-order valence-corrected chi connectivity index (χ2v) is 6.19. The SMILES string of the molecule is CC(N[C@H](C)c1cccc(Br)c1)C1CCCC1. The smallest absolute Gasteiger partial charge is 0.0294 e. The van der Waals surface area contributed by atoms with E-state index < -0.39 is 0 Å². The molecule has 0 bridgehead atoms. The van der Waals surface area contributed by atoms with E-state index in [9.17, 15) is 0 Å². The summed E-state index contributed by atoms with van der Waals surface area (Å²) in [6, 6.07) is 9.66. The first kappa shape index (κ1) is 13.1. The molecule has 2 atom stereocenters. The molecule has 0 radical (unpaired) electrons. The van der Waals surface area contributed by atoms with Crippen LogP contribution in [0.1, 0.15) is 51.1 Å². The first-order valence-electron chi connectivity index (χ1n) is 6.68. The Kier molecular flexibility index (Phi) is 4.63. The lowest BCUT2D eigenvalue weighted by molar-refractivity contribution is 0.352. The second-order valence-electron chi connectivity index (χ2n) is 5.28. The summed E-state index contributed by atoms with van der Waals surface area (Å²) in [6.07, 6.45) is 5.64. The fourth-order valence-electron chi connectivity index (χ4n) is 2.86. The molecule has 1 saturated carbocycles. The molecule has 1 unspecified atom stereocenters. The highest BCUT2D eigenvalue weighted by Crippen LogP contribution is 2.29. The molecule has 2 rings (SSSR count). The standard InChI is InChI=1S/C15H22BrN/c1-11(13-6-3-4-7-13)17-12(2)14-8-5-9-15(16)10-14/h5,8-13,17H,3-4,6-7H2,1-2H3/t11?,12-/m1/s1. The molecular formula is C15H22BrN. The molecule has 1 aromatic carbocycles. The van der Waals surface area contributed by atoms with Crippen molar-refractivity contribution in [2.45, 2.75) is 51.6 Å². The van der Waals surface area contributed by atoms with Crippen LogP contribution in [0.5, 0.6) is 0 Å². The van der Waals surface area contributed by atoms with Crippen LogP contribution >= 0.6 is 15.9 Å². The summed E-state index contributed by atoms with van der Waals surface area (Å²) in [6.45, 7) is 4.59. The van der Waals surface area contributed by atoms with E-state index in [4.69, 9.17) is 0 Å². The number of hydrogen-bond donors (Lipinski definition) is 1. The van der Waals surface area contributed by atoms with Gasteiger partial charge < -0.3 is 5.32 Å². The lowest BCUT2D eigenvalue weighted by atomic mass is 9.98. The highest BCUT2D eigenvalue weighted by molar-refractivity contribution is 9.10. The number of benzene rings is 1. The molecule has 0 aromatic heterocycles. The minimum atomic E-state index is 0.433. The molecule has 1 aliphatic carbocycles. The van der Waals surface area contributed by atoms with Crippen LogP contribution in [0.3, 0.4) is 0 Å². The van der Waals surface area contributed by atoms with E-state index in [0.29, 0.717) is 12.1 Å². The third-order valence-electron chi connectivity index (χ3n) is 3.97. The summed E-state index contributed by atoms with van der Waals surface area (Å²) >= 11 is 3.54. The molecule has 17 heavy (non-hydrogen) atoms. The zero-order chi connectivity index (χ0) is 12.3. The third-order valence-corrected chi connectivity index (χ3v) is 4.46. The Balaban J connectivity index is 1.93. The Morgan fingerprint density at radius 2 is 1.94 bits per heavy atom. The van der Waals surface area contributed by atoms with Crippen molar-refractivity contribution in [3.8, 4) is 0 Å². The lowest BCUT2D eigenvalue weighted by Gasteiger charge is -2.25. The molecule has 0 amide bonds. The zero-order valence-electron chi connectivity index (χ0n) is 10.7. The average Bonchev–Trinajstić information content (AvgIpc) is 2.82. The van der Waals surface area contributed by atoms with Crippen molar-refractivity contribution in [1.82, 2.24) is 5.32 Å². The van der Waals surface area contributed by atoms with E-state index in [1.54, 1.807) is 0 Å². The van der Waals surface area contributed by atoms with Crippen LogP contribution in [0.4, 0.5) is 0 Å². The number of rotatable bonds is 4. The predicted octanol–water partition coefficient (Wildman–Crippen LogP) is 4.68. The molecule has 1 fully saturated rings. The van der Waals surface area contributed by atoms with Crippen LogP contribution in [-0.4, -0.2) is 6.04 Å². The Labute approximate surface area is 113 Å². The summed E-state index contributed by atoms with van der Waals surface area (Å²) in [4.78, 5) is 0. The molecule has 1 N–H and O–H groups in total. The highest BCUT2D eigenvalue weighted by Gasteiger charge is 2.22. The maximum atomic E-state index is 3.74. The minimum absolute atomic E-state index is 0.433. The summed E-state index contributed by atoms with van der Waals surface area (Å²) in [5, 5.41) is 3.74. The normalized spacial score (nSPS) is 20.4. The first-order valence-corrected chi connectivity index (χ1v) is 7.47. The average molecular weight is 296 g/mol. The van der Waals surface area contributed by atoms with Gasteiger partial charge in [-0.1, -0.05) is 40.9 Å². The summed E-state index contributed by atoms with van der Waals surface area (Å²) in [5.41, 5.74) is 1.37. The molecule has 0 aliphatic heterocycles. The van der Waals surface area contributed by atoms with Gasteiger partial charge in [-0.15, -0.1) is 0 Å². The van der Waals surface area contributed by atoms with Crippen molar-refractivity contribution in [1.29, 1.82) is 0 Å². The second kappa shape index (κ2) is 6.01. The Hall–Kier alpha value is -0.340. The van der Waals surface area contributed by atoms with Crippen LogP contribution in [0.25, 0.3) is 0 Å². The van der Waals surface area contributed by atoms with Crippen LogP contribution in [0, 0.1) is 5.92 Å². The van der Waals surface area contributed by atoms with Crippen molar-refractivity contribution in [2.24, 2.45) is 5.92 Å². The van der Waals surface area contributed by atoms with Crippen molar-refractivity contribution < 1.29 is 0 Å². The summed E-state index contributed by atoms with van der Waals surface area (Å²) in [7, 11) is 0. The Bertz CT molecular complexity index is 358. The lowest BCUT2D eigenvalue weighted by Crippen LogP contribution is -2.34. The predicted molar refractivity (Wildman–Crippen MR) is 77.1 cm³/mol. The third kappa shape index (κ3) is 3.56. The van der Waals surface area contributed by atoms with Gasteiger partial charge in [0.1, 0.15) is 0 Å². The molecule has 1 nitrogen and oxygen atoms in total. The minimum Gasteiger partial charge on any atom is -0.307 e. The van der Waals surface area contributed by atoms with Gasteiger partial charge >= 0.3 is 0 Å². The topological polar surface area (TPSA) is 12.0 Å². The van der Waals surface area contributed by atoms with E-state index in [1.165, 1.54) is 31.2 Å². The van der Waals surface area contributed by atoms with Crippen LogP contribution in [-0.2, 0) is 0 Å². The van der Waals surface area contributed by atoms with Crippen LogP contribution < -0.4 is 5.32 Å². The quantitative estimate of drug-likeness (QED) is 0.850. The summed E-state index contributed by atoms with van der Waals surface area (Å²) < 4.78 is 1.16. The van der Waals surface area contributed by atoms with E-state index in [0.717, 1.165) is 10.4 Å². The fraction of sp³-hybridized carbons (Fsp3) is 0.600. The van der Waals surface area contributed by atoms with Crippen LogP contribution in [0.15, 0.2) is 28.7 Å². The van der Waals surface area contributed by atoms with Gasteiger partial charge in [-0.25, -0.2) is 0 Å². The summed E-state index contributed by atoms with van der Waals surface area (Å²) in [5.74, 6) is 0.879. The molecule has 0 spiro atoms. The highest BCUT2D eigenvalue weighted by atomic mass is 79.9. The van der Waals surface area contributed by atoms with Gasteiger partial charge in [0.15, 0.2) is 0 Å². The van der Waals surface area contributed by atoms with E-state index in [1.807, 2.05) is 0 Å². The molecule has 94 valence electrons. The fourth-order valence-corrected chi connectivity index (χ4v) is 3.28. The van der Waals surface area contributed by atoms with Crippen molar-refractivity contribution in [3.05, 3.63) is 34.3 Å². The number of nitrogens with one attached hydrogen (secondary N) is 1. The van der Waals surface area contributed by atoms with E-state index in [2.05, 4.69) is 59.4 Å².